The van der Waals surface area contributed by atoms with E-state index in [4.69, 9.17) is 4.74 Å². The molecular formula is C27H26F2N6O4. The van der Waals surface area contributed by atoms with Crippen molar-refractivity contribution in [1.82, 2.24) is 14.3 Å². The summed E-state index contributed by atoms with van der Waals surface area (Å²) in [6, 6.07) is 5.33. The Balaban J connectivity index is 1.39. The molecule has 0 unspecified atom stereocenters. The first kappa shape index (κ1) is 25.0. The van der Waals surface area contributed by atoms with Crippen molar-refractivity contribution in [2.24, 2.45) is 4.99 Å². The number of ether oxygens (including phenoxy) is 1. The molecule has 0 bridgehead atoms. The van der Waals surface area contributed by atoms with Gasteiger partial charge in [0, 0.05) is 52.0 Å². The van der Waals surface area contributed by atoms with Gasteiger partial charge in [0.15, 0.2) is 17.3 Å². The van der Waals surface area contributed by atoms with Crippen molar-refractivity contribution in [3.8, 4) is 5.75 Å². The van der Waals surface area contributed by atoms with Gasteiger partial charge in [0.25, 0.3) is 0 Å². The molecule has 0 saturated carbocycles. The average molecular weight is 537 g/mol. The van der Waals surface area contributed by atoms with Gasteiger partial charge in [-0.3, -0.25) is 19.1 Å². The predicted octanol–water partition coefficient (Wildman–Crippen LogP) is 2.71. The fourth-order valence-electron chi connectivity index (χ4n) is 5.10. The van der Waals surface area contributed by atoms with Crippen LogP contribution < -0.4 is 15.4 Å². The summed E-state index contributed by atoms with van der Waals surface area (Å²) in [7, 11) is 1.71. The highest BCUT2D eigenvalue weighted by atomic mass is 19.2. The van der Waals surface area contributed by atoms with E-state index in [9.17, 15) is 23.5 Å². The molecule has 0 radical (unpaired) electrons. The van der Waals surface area contributed by atoms with Gasteiger partial charge in [0.2, 0.25) is 5.75 Å². The van der Waals surface area contributed by atoms with E-state index in [1.807, 2.05) is 6.07 Å². The molecule has 3 aliphatic rings. The third-order valence-electron chi connectivity index (χ3n) is 7.24. The molecule has 2 saturated heterocycles. The van der Waals surface area contributed by atoms with E-state index in [0.717, 1.165) is 17.7 Å². The standard InChI is InChI=1S/C27H26F2N6O4/c1-32-4-5-34(27(32)38)22-13-18(33-6-8-39-9-7-33)15-35-25(22)31-23(24(36)26(35)37)21-12-17(14-30-21)10-16-2-3-19(28)20(29)11-16/h2-3,11,13-15,36H,4-10,12H2,1H3. The van der Waals surface area contributed by atoms with E-state index in [2.05, 4.69) is 14.9 Å². The number of carbonyl (C=O) groups is 1. The zero-order chi connectivity index (χ0) is 27.3. The Bertz CT molecular complexity index is 1610. The molecule has 0 aliphatic carbocycles. The number of likely N-dealkylation sites (N-methyl/N-ethyl adjacent to an activating group) is 1. The molecule has 1 aromatic carbocycles. The largest absolute Gasteiger partial charge is 0.501 e. The van der Waals surface area contributed by atoms with E-state index < -0.39 is 22.9 Å². The first-order valence-corrected chi connectivity index (χ1v) is 12.6. The van der Waals surface area contributed by atoms with Crippen LogP contribution >= 0.6 is 0 Å². The third-order valence-corrected chi connectivity index (χ3v) is 7.24. The highest BCUT2D eigenvalue weighted by Crippen LogP contribution is 2.31. The number of urea groups is 1. The van der Waals surface area contributed by atoms with Crippen molar-refractivity contribution in [2.45, 2.75) is 12.8 Å². The number of aliphatic imine (C=N–C) groups is 1. The molecule has 12 heteroatoms. The van der Waals surface area contributed by atoms with Gasteiger partial charge < -0.3 is 19.6 Å². The number of halogens is 2. The summed E-state index contributed by atoms with van der Waals surface area (Å²) in [5.74, 6) is -2.40. The fourth-order valence-corrected chi connectivity index (χ4v) is 5.10. The van der Waals surface area contributed by atoms with Crippen LogP contribution in [0.25, 0.3) is 5.65 Å². The lowest BCUT2D eigenvalue weighted by molar-refractivity contribution is 0.122. The number of anilines is 2. The number of hydrogen-bond acceptors (Lipinski definition) is 7. The van der Waals surface area contributed by atoms with Gasteiger partial charge in [-0.1, -0.05) is 6.07 Å². The molecule has 2 amide bonds. The highest BCUT2D eigenvalue weighted by Gasteiger charge is 2.31. The second kappa shape index (κ2) is 9.77. The van der Waals surface area contributed by atoms with Gasteiger partial charge in [0.05, 0.1) is 30.3 Å². The number of aromatic hydroxyl groups is 1. The molecule has 6 rings (SSSR count). The minimum Gasteiger partial charge on any atom is -0.501 e. The lowest BCUT2D eigenvalue weighted by Gasteiger charge is -2.30. The van der Waals surface area contributed by atoms with Gasteiger partial charge in [-0.25, -0.2) is 18.6 Å². The zero-order valence-electron chi connectivity index (χ0n) is 21.2. The molecule has 3 aliphatic heterocycles. The van der Waals surface area contributed by atoms with Crippen LogP contribution in [0.3, 0.4) is 0 Å². The average Bonchev–Trinajstić information content (AvgIpc) is 3.54. The molecule has 5 heterocycles. The normalized spacial score (nSPS) is 17.8. The van der Waals surface area contributed by atoms with E-state index >= 15 is 0 Å². The summed E-state index contributed by atoms with van der Waals surface area (Å²) >= 11 is 0. The number of rotatable bonds is 5. The molecule has 0 spiro atoms. The van der Waals surface area contributed by atoms with Gasteiger partial charge in [-0.05, 0) is 35.8 Å². The first-order chi connectivity index (χ1) is 18.8. The van der Waals surface area contributed by atoms with Crippen molar-refractivity contribution in [3.63, 3.8) is 0 Å². The van der Waals surface area contributed by atoms with Crippen LogP contribution in [0.15, 0.2) is 52.0 Å². The molecular weight excluding hydrogens is 510 g/mol. The number of aromatic nitrogens is 2. The Labute approximate surface area is 222 Å². The van der Waals surface area contributed by atoms with Crippen LogP contribution in [-0.2, 0) is 11.2 Å². The predicted molar refractivity (Wildman–Crippen MR) is 141 cm³/mol. The molecule has 10 nitrogen and oxygen atoms in total. The van der Waals surface area contributed by atoms with Crippen molar-refractivity contribution in [3.05, 3.63) is 75.5 Å². The Morgan fingerprint density at radius 2 is 1.85 bits per heavy atom. The van der Waals surface area contributed by atoms with Gasteiger partial charge >= 0.3 is 11.6 Å². The number of hydrogen-bond donors (Lipinski definition) is 1. The van der Waals surface area contributed by atoms with E-state index in [-0.39, 0.29) is 23.8 Å². The van der Waals surface area contributed by atoms with Crippen LogP contribution in [0, 0.1) is 11.6 Å². The molecule has 202 valence electrons. The van der Waals surface area contributed by atoms with E-state index in [1.165, 1.54) is 10.5 Å². The second-order valence-electron chi connectivity index (χ2n) is 9.81. The summed E-state index contributed by atoms with van der Waals surface area (Å²) in [5, 5.41) is 10.9. The Kier molecular flexibility index (Phi) is 6.26. The van der Waals surface area contributed by atoms with Crippen LogP contribution in [-0.4, -0.2) is 77.6 Å². The van der Waals surface area contributed by atoms with Crippen LogP contribution in [0.1, 0.15) is 17.7 Å². The Morgan fingerprint density at radius 1 is 1.05 bits per heavy atom. The minimum atomic E-state index is -0.930. The number of carbonyl (C=O) groups excluding carboxylic acids is 1. The maximum absolute atomic E-state index is 13.7. The highest BCUT2D eigenvalue weighted by molar-refractivity contribution is 6.05. The van der Waals surface area contributed by atoms with Crippen molar-refractivity contribution < 1.29 is 23.4 Å². The second-order valence-corrected chi connectivity index (χ2v) is 9.81. The summed E-state index contributed by atoms with van der Waals surface area (Å²) in [4.78, 5) is 40.7. The lowest BCUT2D eigenvalue weighted by Crippen LogP contribution is -2.37. The summed E-state index contributed by atoms with van der Waals surface area (Å²) in [6.45, 7) is 3.25. The van der Waals surface area contributed by atoms with Gasteiger partial charge in [-0.15, -0.1) is 0 Å². The Morgan fingerprint density at radius 3 is 2.56 bits per heavy atom. The monoisotopic (exact) mass is 536 g/mol. The van der Waals surface area contributed by atoms with Gasteiger partial charge in [0.1, 0.15) is 5.69 Å². The topological polar surface area (TPSA) is 103 Å². The van der Waals surface area contributed by atoms with Crippen LogP contribution in [0.4, 0.5) is 25.0 Å². The summed E-state index contributed by atoms with van der Waals surface area (Å²) < 4.78 is 33.7. The number of fused-ring (bicyclic) bond motifs is 1. The summed E-state index contributed by atoms with van der Waals surface area (Å²) in [5.41, 5.74) is 2.48. The van der Waals surface area contributed by atoms with Crippen molar-refractivity contribution in [2.75, 3.05) is 56.2 Å². The number of amides is 2. The SMILES string of the molecule is CN1CCN(c2cc(N3CCOCC3)cn3c(=O)c(O)c(C4=NC=C(Cc5ccc(F)c(F)c5)C4)nc23)C1=O. The smallest absolute Gasteiger partial charge is 0.324 e. The minimum absolute atomic E-state index is 0.0249. The zero-order valence-corrected chi connectivity index (χ0v) is 21.2. The molecule has 1 N–H and O–H groups in total. The fraction of sp³-hybridized carbons (Fsp3) is 0.333. The maximum atomic E-state index is 13.7. The summed E-state index contributed by atoms with van der Waals surface area (Å²) in [6.07, 6.45) is 3.79. The van der Waals surface area contributed by atoms with Crippen LogP contribution in [0.2, 0.25) is 0 Å². The number of morpholine rings is 1. The molecule has 2 fully saturated rings. The van der Waals surface area contributed by atoms with Crippen molar-refractivity contribution >= 4 is 28.8 Å². The number of pyridine rings is 1. The number of allylic oxidation sites excluding steroid dienone is 1. The molecule has 39 heavy (non-hydrogen) atoms. The molecule has 2 aromatic heterocycles. The van der Waals surface area contributed by atoms with Crippen molar-refractivity contribution in [1.29, 1.82) is 0 Å². The first-order valence-electron chi connectivity index (χ1n) is 12.6. The van der Waals surface area contributed by atoms with Gasteiger partial charge in [-0.2, -0.15) is 0 Å². The number of nitrogens with zero attached hydrogens (tertiary/aromatic N) is 6. The third kappa shape index (κ3) is 4.50. The molecule has 3 aromatic rings. The van der Waals surface area contributed by atoms with E-state index in [0.29, 0.717) is 68.5 Å². The number of benzene rings is 1. The quantitative estimate of drug-likeness (QED) is 0.538. The lowest BCUT2D eigenvalue weighted by atomic mass is 10.0. The Hall–Kier alpha value is -4.32. The maximum Gasteiger partial charge on any atom is 0.324 e. The van der Waals surface area contributed by atoms with E-state index in [1.54, 1.807) is 29.2 Å². The molecule has 0 atom stereocenters. The van der Waals surface area contributed by atoms with Crippen LogP contribution in [0.5, 0.6) is 5.75 Å².